The Labute approximate surface area is 213 Å². The molecule has 0 atom stereocenters. The number of aromatic nitrogens is 2. The van der Waals surface area contributed by atoms with Crippen molar-refractivity contribution in [1.82, 2.24) is 9.97 Å². The number of aliphatic hydroxyl groups excluding tert-OH is 1. The van der Waals surface area contributed by atoms with Crippen molar-refractivity contribution in [2.45, 2.75) is 13.3 Å². The molecule has 0 radical (unpaired) electrons. The lowest BCUT2D eigenvalue weighted by Gasteiger charge is -2.27. The molecule has 3 aromatic heterocycles. The van der Waals surface area contributed by atoms with Crippen LogP contribution >= 0.6 is 11.3 Å². The number of thiophene rings is 1. The van der Waals surface area contributed by atoms with Gasteiger partial charge in [-0.2, -0.15) is 4.98 Å². The van der Waals surface area contributed by atoms with Gasteiger partial charge in [-0.1, -0.05) is 19.1 Å². The summed E-state index contributed by atoms with van der Waals surface area (Å²) in [6.45, 7) is 6.15. The van der Waals surface area contributed by atoms with Crippen LogP contribution in [0.3, 0.4) is 0 Å². The average molecular weight is 508 g/mol. The van der Waals surface area contributed by atoms with Gasteiger partial charge >= 0.3 is 0 Å². The molecule has 0 unspecified atom stereocenters. The van der Waals surface area contributed by atoms with E-state index >= 15 is 0 Å². The number of aliphatic hydroxyl groups is 1. The Hall–Kier alpha value is -3.47. The van der Waals surface area contributed by atoms with Crippen LogP contribution in [0.5, 0.6) is 0 Å². The van der Waals surface area contributed by atoms with E-state index in [0.717, 1.165) is 35.6 Å². The first kappa shape index (κ1) is 24.2. The molecule has 5 rings (SSSR count). The number of ether oxygens (including phenoxy) is 1. The molecule has 1 aromatic carbocycles. The number of nitrogens with zero attached hydrogens (tertiary/aromatic N) is 4. The van der Waals surface area contributed by atoms with E-state index in [1.54, 1.807) is 12.3 Å². The summed E-state index contributed by atoms with van der Waals surface area (Å²) in [4.78, 5) is 25.8. The molecule has 36 heavy (non-hydrogen) atoms. The van der Waals surface area contributed by atoms with Crippen LogP contribution in [0.1, 0.15) is 13.3 Å². The van der Waals surface area contributed by atoms with Crippen molar-refractivity contribution in [3.05, 3.63) is 58.2 Å². The molecule has 2 N–H and O–H groups in total. The molecule has 0 bridgehead atoms. The molecule has 0 aliphatic carbocycles. The Kier molecular flexibility index (Phi) is 7.45. The largest absolute Gasteiger partial charge is 0.439 e. The van der Waals surface area contributed by atoms with E-state index in [-0.39, 0.29) is 12.0 Å². The molecule has 9 nitrogen and oxygen atoms in total. The van der Waals surface area contributed by atoms with E-state index in [9.17, 15) is 9.90 Å². The highest BCUT2D eigenvalue weighted by molar-refractivity contribution is 7.17. The number of hydrogen-bond donors (Lipinski definition) is 2. The molecule has 0 saturated carbocycles. The molecular weight excluding hydrogens is 478 g/mol. The quantitative estimate of drug-likeness (QED) is 0.346. The third-order valence-electron chi connectivity index (χ3n) is 6.03. The third kappa shape index (κ3) is 5.20. The molecule has 1 aliphatic heterocycles. The standard InChI is InChI=1S/C26H29N5O4S/c1-2-9-30(10-13-32)22-7-8-27-26(29-22)28-19-5-3-18(4-6-19)20-17-36-25-21(33)16-23(35-24(20)25)31-11-14-34-15-12-31/h3-8,16-17,32H,2,9-15H2,1H3,(H,27,28,29). The van der Waals surface area contributed by atoms with Crippen molar-refractivity contribution in [2.24, 2.45) is 0 Å². The maximum atomic E-state index is 12.8. The first-order chi connectivity index (χ1) is 17.7. The number of benzene rings is 1. The number of morpholine rings is 1. The maximum Gasteiger partial charge on any atom is 0.229 e. The van der Waals surface area contributed by atoms with E-state index in [2.05, 4.69) is 27.1 Å². The zero-order valence-electron chi connectivity index (χ0n) is 20.1. The molecule has 188 valence electrons. The van der Waals surface area contributed by atoms with E-state index in [1.807, 2.05) is 40.6 Å². The molecule has 1 fully saturated rings. The van der Waals surface area contributed by atoms with Crippen LogP contribution in [0, 0.1) is 0 Å². The summed E-state index contributed by atoms with van der Waals surface area (Å²) in [7, 11) is 0. The summed E-state index contributed by atoms with van der Waals surface area (Å²) in [5, 5.41) is 14.6. The Morgan fingerprint density at radius 1 is 1.17 bits per heavy atom. The lowest BCUT2D eigenvalue weighted by atomic mass is 10.1. The first-order valence-corrected chi connectivity index (χ1v) is 13.0. The lowest BCUT2D eigenvalue weighted by molar-refractivity contribution is 0.121. The van der Waals surface area contributed by atoms with Gasteiger partial charge in [-0.25, -0.2) is 4.98 Å². The number of fused-ring (bicyclic) bond motifs is 1. The molecule has 1 saturated heterocycles. The van der Waals surface area contributed by atoms with E-state index in [4.69, 9.17) is 9.15 Å². The second-order valence-corrected chi connectivity index (χ2v) is 9.39. The second-order valence-electron chi connectivity index (χ2n) is 8.51. The van der Waals surface area contributed by atoms with Crippen LogP contribution in [0.15, 0.2) is 57.2 Å². The first-order valence-electron chi connectivity index (χ1n) is 12.1. The van der Waals surface area contributed by atoms with Crippen LogP contribution in [0.4, 0.5) is 23.3 Å². The molecule has 4 heterocycles. The van der Waals surface area contributed by atoms with Crippen molar-refractivity contribution in [3.8, 4) is 11.1 Å². The van der Waals surface area contributed by atoms with Gasteiger partial charge in [0.2, 0.25) is 11.4 Å². The number of nitrogens with one attached hydrogen (secondary N) is 1. The van der Waals surface area contributed by atoms with E-state index in [1.165, 1.54) is 11.3 Å². The van der Waals surface area contributed by atoms with Gasteiger partial charge in [-0.05, 0) is 30.2 Å². The minimum absolute atomic E-state index is 0.0253. The zero-order valence-corrected chi connectivity index (χ0v) is 21.0. The predicted octanol–water partition coefficient (Wildman–Crippen LogP) is 4.10. The fraction of sp³-hybridized carbons (Fsp3) is 0.346. The maximum absolute atomic E-state index is 12.8. The summed E-state index contributed by atoms with van der Waals surface area (Å²) in [6.07, 6.45) is 2.67. The Morgan fingerprint density at radius 3 is 2.72 bits per heavy atom. The third-order valence-corrected chi connectivity index (χ3v) is 7.01. The molecule has 10 heteroatoms. The van der Waals surface area contributed by atoms with Gasteiger partial charge in [0, 0.05) is 55.1 Å². The molecule has 0 amide bonds. The summed E-state index contributed by atoms with van der Waals surface area (Å²) >= 11 is 1.40. The van der Waals surface area contributed by atoms with Gasteiger partial charge < -0.3 is 29.4 Å². The highest BCUT2D eigenvalue weighted by Gasteiger charge is 2.18. The number of rotatable bonds is 9. The summed E-state index contributed by atoms with van der Waals surface area (Å²) < 4.78 is 12.3. The Morgan fingerprint density at radius 2 is 1.97 bits per heavy atom. The van der Waals surface area contributed by atoms with Crippen LogP contribution in [-0.2, 0) is 4.74 Å². The molecule has 0 spiro atoms. The van der Waals surface area contributed by atoms with Crippen molar-refractivity contribution >= 4 is 45.0 Å². The molecule has 1 aliphatic rings. The smallest absolute Gasteiger partial charge is 0.229 e. The summed E-state index contributed by atoms with van der Waals surface area (Å²) in [5.74, 6) is 1.85. The van der Waals surface area contributed by atoms with E-state index < -0.39 is 0 Å². The van der Waals surface area contributed by atoms with Crippen LogP contribution in [0.25, 0.3) is 21.4 Å². The minimum atomic E-state index is -0.0253. The normalized spacial score (nSPS) is 13.8. The summed E-state index contributed by atoms with van der Waals surface area (Å²) in [5.41, 5.74) is 3.29. The zero-order chi connectivity index (χ0) is 24.9. The van der Waals surface area contributed by atoms with E-state index in [0.29, 0.717) is 55.0 Å². The van der Waals surface area contributed by atoms with Gasteiger partial charge in [0.05, 0.1) is 19.8 Å². The van der Waals surface area contributed by atoms with Gasteiger partial charge in [-0.15, -0.1) is 11.3 Å². The second kappa shape index (κ2) is 11.1. The molecule has 4 aromatic rings. The minimum Gasteiger partial charge on any atom is -0.439 e. The Balaban J connectivity index is 1.37. The van der Waals surface area contributed by atoms with Crippen molar-refractivity contribution in [1.29, 1.82) is 0 Å². The predicted molar refractivity (Wildman–Crippen MR) is 144 cm³/mol. The highest BCUT2D eigenvalue weighted by Crippen LogP contribution is 2.35. The van der Waals surface area contributed by atoms with Crippen LogP contribution in [0.2, 0.25) is 0 Å². The van der Waals surface area contributed by atoms with Crippen molar-refractivity contribution in [3.63, 3.8) is 0 Å². The van der Waals surface area contributed by atoms with Crippen molar-refractivity contribution in [2.75, 3.05) is 61.1 Å². The monoisotopic (exact) mass is 507 g/mol. The number of anilines is 4. The average Bonchev–Trinajstić information content (AvgIpc) is 3.34. The van der Waals surface area contributed by atoms with Crippen LogP contribution < -0.4 is 20.5 Å². The van der Waals surface area contributed by atoms with Gasteiger partial charge in [0.25, 0.3) is 0 Å². The highest BCUT2D eigenvalue weighted by atomic mass is 32.1. The van der Waals surface area contributed by atoms with Crippen molar-refractivity contribution < 1.29 is 14.3 Å². The van der Waals surface area contributed by atoms with Gasteiger partial charge in [0.15, 0.2) is 11.5 Å². The Bertz CT molecular complexity index is 1360. The topological polar surface area (TPSA) is 104 Å². The molecular formula is C26H29N5O4S. The lowest BCUT2D eigenvalue weighted by Crippen LogP contribution is -2.36. The fourth-order valence-corrected chi connectivity index (χ4v) is 5.16. The van der Waals surface area contributed by atoms with Gasteiger partial charge in [-0.3, -0.25) is 4.79 Å². The van der Waals surface area contributed by atoms with Gasteiger partial charge in [0.1, 0.15) is 10.5 Å². The SMILES string of the molecule is CCCN(CCO)c1ccnc(Nc2ccc(-c3csc4c(=O)cc(N5CCOCC5)oc34)cc2)n1. The fourth-order valence-electron chi connectivity index (χ4n) is 4.25. The summed E-state index contributed by atoms with van der Waals surface area (Å²) in [6, 6.07) is 11.3. The number of hydrogen-bond acceptors (Lipinski definition) is 10. The van der Waals surface area contributed by atoms with Crippen LogP contribution in [-0.4, -0.2) is 61.1 Å².